The molecule has 7 heteroatoms. The van der Waals surface area contributed by atoms with E-state index < -0.39 is 17.5 Å². The lowest BCUT2D eigenvalue weighted by Gasteiger charge is -2.12. The smallest absolute Gasteiger partial charge is 0.256 e. The van der Waals surface area contributed by atoms with E-state index in [2.05, 4.69) is 10.3 Å². The Bertz CT molecular complexity index is 1210. The average Bonchev–Trinajstić information content (AvgIpc) is 3.30. The van der Waals surface area contributed by atoms with Crippen molar-refractivity contribution >= 4 is 33.3 Å². The second-order valence-corrected chi connectivity index (χ2v) is 8.21. The van der Waals surface area contributed by atoms with Gasteiger partial charge >= 0.3 is 0 Å². The number of nitrogens with one attached hydrogen (secondary N) is 2. The SMILES string of the molecule is O=C(Nc1sc2c(c1-c1nc3ccccc3[nH]1)CCCC2)c1ccc(F)c(F)c1. The molecule has 2 N–H and O–H groups in total. The lowest BCUT2D eigenvalue weighted by atomic mass is 9.95. The zero-order valence-electron chi connectivity index (χ0n) is 15.4. The molecule has 0 bridgehead atoms. The summed E-state index contributed by atoms with van der Waals surface area (Å²) in [6.07, 6.45) is 4.10. The molecule has 1 amide bonds. The van der Waals surface area contributed by atoms with Gasteiger partial charge in [0.25, 0.3) is 5.91 Å². The molecule has 0 unspecified atom stereocenters. The van der Waals surface area contributed by atoms with Gasteiger partial charge in [-0.1, -0.05) is 12.1 Å². The summed E-state index contributed by atoms with van der Waals surface area (Å²) in [5.74, 6) is -1.78. The number of H-pyrrole nitrogens is 1. The standard InChI is InChI=1S/C22H17F2N3OS/c23-14-10-9-12(11-15(14)24)21(28)27-22-19(13-5-1-4-8-18(13)29-22)20-25-16-6-2-3-7-17(16)26-20/h2-3,6-7,9-11H,1,4-5,8H2,(H,25,26)(H,27,28). The van der Waals surface area contributed by atoms with Crippen molar-refractivity contribution < 1.29 is 13.6 Å². The van der Waals surface area contributed by atoms with Gasteiger partial charge < -0.3 is 10.3 Å². The molecule has 146 valence electrons. The molecule has 0 spiro atoms. The molecule has 2 heterocycles. The van der Waals surface area contributed by atoms with E-state index in [1.807, 2.05) is 24.3 Å². The van der Waals surface area contributed by atoms with Crippen LogP contribution in [0.15, 0.2) is 42.5 Å². The van der Waals surface area contributed by atoms with Crippen LogP contribution in [-0.2, 0) is 12.8 Å². The summed E-state index contributed by atoms with van der Waals surface area (Å²) < 4.78 is 26.8. The highest BCUT2D eigenvalue weighted by Gasteiger charge is 2.25. The number of hydrogen-bond acceptors (Lipinski definition) is 3. The van der Waals surface area contributed by atoms with Crippen molar-refractivity contribution in [2.45, 2.75) is 25.7 Å². The van der Waals surface area contributed by atoms with Crippen LogP contribution in [0.4, 0.5) is 13.8 Å². The lowest BCUT2D eigenvalue weighted by Crippen LogP contribution is -2.12. The second kappa shape index (κ2) is 7.08. The molecule has 1 aliphatic rings. The predicted octanol–water partition coefficient (Wildman–Crippen LogP) is 5.70. The van der Waals surface area contributed by atoms with E-state index >= 15 is 0 Å². The third-order valence-corrected chi connectivity index (χ3v) is 6.41. The largest absolute Gasteiger partial charge is 0.338 e. The molecule has 0 saturated carbocycles. The molecule has 2 aromatic carbocycles. The predicted molar refractivity (Wildman–Crippen MR) is 110 cm³/mol. The molecular formula is C22H17F2N3OS. The maximum Gasteiger partial charge on any atom is 0.256 e. The number of thiophene rings is 1. The fourth-order valence-electron chi connectivity index (χ4n) is 3.79. The summed E-state index contributed by atoms with van der Waals surface area (Å²) in [4.78, 5) is 22.0. The number of nitrogens with zero attached hydrogens (tertiary/aromatic N) is 1. The molecule has 4 aromatic rings. The Morgan fingerprint density at radius 1 is 1.07 bits per heavy atom. The van der Waals surface area contributed by atoms with Crippen molar-refractivity contribution in [1.29, 1.82) is 0 Å². The van der Waals surface area contributed by atoms with Crippen molar-refractivity contribution in [2.24, 2.45) is 0 Å². The van der Waals surface area contributed by atoms with E-state index in [-0.39, 0.29) is 5.56 Å². The fourth-order valence-corrected chi connectivity index (χ4v) is 5.07. The number of imidazole rings is 1. The van der Waals surface area contributed by atoms with Crippen molar-refractivity contribution in [3.05, 3.63) is 70.1 Å². The Hall–Kier alpha value is -3.06. The molecule has 4 nitrogen and oxygen atoms in total. The van der Waals surface area contributed by atoms with Crippen LogP contribution in [0.5, 0.6) is 0 Å². The quantitative estimate of drug-likeness (QED) is 0.456. The van der Waals surface area contributed by atoms with Gasteiger partial charge in [-0.15, -0.1) is 11.3 Å². The average molecular weight is 409 g/mol. The number of carbonyl (C=O) groups excluding carboxylic acids is 1. The number of amides is 1. The number of rotatable bonds is 3. The van der Waals surface area contributed by atoms with Gasteiger partial charge in [-0.05, 0) is 61.6 Å². The topological polar surface area (TPSA) is 57.8 Å². The van der Waals surface area contributed by atoms with E-state index in [0.717, 1.165) is 54.4 Å². The first kappa shape index (κ1) is 18.0. The number of aryl methyl sites for hydroxylation is 1. The summed E-state index contributed by atoms with van der Waals surface area (Å²) in [5.41, 5.74) is 3.97. The van der Waals surface area contributed by atoms with E-state index in [4.69, 9.17) is 4.98 Å². The summed E-state index contributed by atoms with van der Waals surface area (Å²) in [6.45, 7) is 0. The lowest BCUT2D eigenvalue weighted by molar-refractivity contribution is 0.102. The third-order valence-electron chi connectivity index (χ3n) is 5.21. The van der Waals surface area contributed by atoms with Gasteiger partial charge in [0.2, 0.25) is 0 Å². The minimum atomic E-state index is -1.04. The van der Waals surface area contributed by atoms with Crippen LogP contribution >= 0.6 is 11.3 Å². The number of anilines is 1. The minimum absolute atomic E-state index is 0.0748. The van der Waals surface area contributed by atoms with Crippen LogP contribution in [0.3, 0.4) is 0 Å². The Kier molecular flexibility index (Phi) is 4.39. The Balaban J connectivity index is 1.58. The molecule has 0 fully saturated rings. The molecule has 29 heavy (non-hydrogen) atoms. The van der Waals surface area contributed by atoms with Crippen LogP contribution in [0.25, 0.3) is 22.4 Å². The molecule has 0 atom stereocenters. The first-order valence-corrected chi connectivity index (χ1v) is 10.3. The van der Waals surface area contributed by atoms with Crippen LogP contribution in [-0.4, -0.2) is 15.9 Å². The van der Waals surface area contributed by atoms with Crippen LogP contribution in [0.1, 0.15) is 33.6 Å². The molecule has 2 aromatic heterocycles. The zero-order valence-corrected chi connectivity index (χ0v) is 16.2. The molecule has 0 aliphatic heterocycles. The van der Waals surface area contributed by atoms with Crippen LogP contribution < -0.4 is 5.32 Å². The number of hydrogen-bond donors (Lipinski definition) is 2. The zero-order chi connectivity index (χ0) is 20.0. The molecule has 5 rings (SSSR count). The number of fused-ring (bicyclic) bond motifs is 2. The van der Waals surface area contributed by atoms with Gasteiger partial charge in [-0.3, -0.25) is 4.79 Å². The molecule has 0 saturated heterocycles. The van der Waals surface area contributed by atoms with Gasteiger partial charge in [0, 0.05) is 10.4 Å². The normalized spacial score (nSPS) is 13.4. The maximum atomic E-state index is 13.6. The number of para-hydroxylation sites is 2. The second-order valence-electron chi connectivity index (χ2n) is 7.10. The van der Waals surface area contributed by atoms with Gasteiger partial charge in [-0.25, -0.2) is 13.8 Å². The molecular weight excluding hydrogens is 392 g/mol. The number of aromatic nitrogens is 2. The Morgan fingerprint density at radius 2 is 1.90 bits per heavy atom. The summed E-state index contributed by atoms with van der Waals surface area (Å²) >= 11 is 1.54. The maximum absolute atomic E-state index is 13.6. The number of halogens is 2. The number of carbonyl (C=O) groups is 1. The summed E-state index contributed by atoms with van der Waals surface area (Å²) in [5, 5.41) is 3.59. The van der Waals surface area contributed by atoms with Gasteiger partial charge in [0.15, 0.2) is 11.6 Å². The van der Waals surface area contributed by atoms with Crippen molar-refractivity contribution in [3.8, 4) is 11.4 Å². The molecule has 1 aliphatic carbocycles. The van der Waals surface area contributed by atoms with E-state index in [9.17, 15) is 13.6 Å². The molecule has 0 radical (unpaired) electrons. The van der Waals surface area contributed by atoms with Crippen LogP contribution in [0, 0.1) is 11.6 Å². The summed E-state index contributed by atoms with van der Waals surface area (Å²) in [7, 11) is 0. The first-order chi connectivity index (χ1) is 14.1. The summed E-state index contributed by atoms with van der Waals surface area (Å²) in [6, 6.07) is 10.9. The van der Waals surface area contributed by atoms with Crippen molar-refractivity contribution in [2.75, 3.05) is 5.32 Å². The number of benzene rings is 2. The Morgan fingerprint density at radius 3 is 2.72 bits per heavy atom. The highest BCUT2D eigenvalue weighted by atomic mass is 32.1. The third kappa shape index (κ3) is 3.21. The van der Waals surface area contributed by atoms with E-state index in [0.29, 0.717) is 10.8 Å². The van der Waals surface area contributed by atoms with Gasteiger partial charge in [0.05, 0.1) is 16.6 Å². The van der Waals surface area contributed by atoms with Crippen molar-refractivity contribution in [1.82, 2.24) is 9.97 Å². The van der Waals surface area contributed by atoms with Crippen LogP contribution in [0.2, 0.25) is 0 Å². The van der Waals surface area contributed by atoms with Gasteiger partial charge in [0.1, 0.15) is 10.8 Å². The monoisotopic (exact) mass is 409 g/mol. The van der Waals surface area contributed by atoms with E-state index in [1.165, 1.54) is 27.8 Å². The van der Waals surface area contributed by atoms with E-state index in [1.54, 1.807) is 0 Å². The van der Waals surface area contributed by atoms with Gasteiger partial charge in [-0.2, -0.15) is 0 Å². The highest BCUT2D eigenvalue weighted by Crippen LogP contribution is 2.43. The first-order valence-electron chi connectivity index (χ1n) is 9.46. The number of aromatic amines is 1. The Labute approximate surface area is 169 Å². The fraction of sp³-hybridized carbons (Fsp3) is 0.182. The minimum Gasteiger partial charge on any atom is -0.338 e. The van der Waals surface area contributed by atoms with Crippen molar-refractivity contribution in [3.63, 3.8) is 0 Å². The highest BCUT2D eigenvalue weighted by molar-refractivity contribution is 7.17.